The van der Waals surface area contributed by atoms with Crippen LogP contribution in [0.15, 0.2) is 53.7 Å². The van der Waals surface area contributed by atoms with Gasteiger partial charge in [-0.2, -0.15) is 10.5 Å². The number of nitrogens with two attached hydrogens (primary N) is 1. The molecule has 2 aromatic carbocycles. The fourth-order valence-electron chi connectivity index (χ4n) is 3.31. The molecule has 3 rings (SSSR count). The number of benzene rings is 2. The number of aryl methyl sites for hydroxylation is 1. The van der Waals surface area contributed by atoms with Crippen molar-refractivity contribution in [2.45, 2.75) is 19.8 Å². The van der Waals surface area contributed by atoms with Crippen molar-refractivity contribution in [3.8, 4) is 12.1 Å². The number of hydrogen-bond acceptors (Lipinski definition) is 5. The summed E-state index contributed by atoms with van der Waals surface area (Å²) in [5.41, 5.74) is 9.88. The number of hydrogen-bond donors (Lipinski definition) is 2. The molecule has 6 nitrogen and oxygen atoms in total. The Morgan fingerprint density at radius 3 is 2.41 bits per heavy atom. The number of allylic oxidation sites excluding steroid dienone is 2. The second-order valence-corrected chi connectivity index (χ2v) is 7.20. The van der Waals surface area contributed by atoms with Crippen LogP contribution in [-0.2, 0) is 0 Å². The zero-order chi connectivity index (χ0) is 21.1. The summed E-state index contributed by atoms with van der Waals surface area (Å²) in [5, 5.41) is 26.2. The molecular weight excluding hydrogens is 362 g/mol. The third-order valence-electron chi connectivity index (χ3n) is 5.33. The molecule has 144 valence electrons. The summed E-state index contributed by atoms with van der Waals surface area (Å²) in [6.07, 6.45) is 0. The molecule has 6 heteroatoms. The van der Waals surface area contributed by atoms with Crippen LogP contribution in [0, 0.1) is 35.0 Å². The molecule has 0 unspecified atom stereocenters. The highest BCUT2D eigenvalue weighted by molar-refractivity contribution is 6.12. The fourth-order valence-corrected chi connectivity index (χ4v) is 3.31. The predicted molar refractivity (Wildman–Crippen MR) is 110 cm³/mol. The van der Waals surface area contributed by atoms with Crippen molar-refractivity contribution in [2.75, 3.05) is 13.1 Å². The van der Waals surface area contributed by atoms with Crippen molar-refractivity contribution in [3.63, 3.8) is 0 Å². The Labute approximate surface area is 170 Å². The molecule has 1 heterocycles. The van der Waals surface area contributed by atoms with Gasteiger partial charge in [0.1, 0.15) is 11.8 Å². The minimum atomic E-state index is -0.0844. The summed E-state index contributed by atoms with van der Waals surface area (Å²) >= 11 is 0. The first kappa shape index (κ1) is 19.9. The van der Waals surface area contributed by atoms with Crippen molar-refractivity contribution in [1.82, 2.24) is 4.90 Å². The van der Waals surface area contributed by atoms with Gasteiger partial charge in [-0.05, 0) is 49.2 Å². The summed E-state index contributed by atoms with van der Waals surface area (Å²) in [6.45, 7) is 4.72. The van der Waals surface area contributed by atoms with Crippen LogP contribution in [0.25, 0.3) is 0 Å². The zero-order valence-corrected chi connectivity index (χ0v) is 16.4. The maximum Gasteiger partial charge on any atom is 0.253 e. The Balaban J connectivity index is 1.75. The van der Waals surface area contributed by atoms with Crippen LogP contribution < -0.4 is 5.73 Å². The van der Waals surface area contributed by atoms with E-state index in [1.165, 1.54) is 0 Å². The monoisotopic (exact) mass is 383 g/mol. The van der Waals surface area contributed by atoms with E-state index in [-0.39, 0.29) is 23.2 Å². The molecule has 1 saturated heterocycles. The molecule has 0 aromatic heterocycles. The Hall–Kier alpha value is -3.90. The highest BCUT2D eigenvalue weighted by Gasteiger charge is 2.32. The van der Waals surface area contributed by atoms with Crippen molar-refractivity contribution < 1.29 is 4.79 Å². The average molecular weight is 383 g/mol. The highest BCUT2D eigenvalue weighted by Crippen LogP contribution is 2.29. The lowest BCUT2D eigenvalue weighted by molar-refractivity contribution is 0.0602. The van der Waals surface area contributed by atoms with Crippen LogP contribution in [0.3, 0.4) is 0 Å². The molecule has 29 heavy (non-hydrogen) atoms. The number of amides is 1. The third kappa shape index (κ3) is 3.88. The molecule has 1 fully saturated rings. The van der Waals surface area contributed by atoms with E-state index in [0.717, 1.165) is 11.1 Å². The molecule has 0 bridgehead atoms. The van der Waals surface area contributed by atoms with Gasteiger partial charge in [-0.3, -0.25) is 10.2 Å². The van der Waals surface area contributed by atoms with Crippen LogP contribution in [-0.4, -0.2) is 29.6 Å². The molecule has 0 saturated carbocycles. The van der Waals surface area contributed by atoms with E-state index < -0.39 is 0 Å². The van der Waals surface area contributed by atoms with Gasteiger partial charge in [0, 0.05) is 35.7 Å². The number of nitrogens with zero attached hydrogens (tertiary/aromatic N) is 3. The van der Waals surface area contributed by atoms with E-state index in [1.54, 1.807) is 36.1 Å². The topological polar surface area (TPSA) is 118 Å². The third-order valence-corrected chi connectivity index (χ3v) is 5.33. The zero-order valence-electron chi connectivity index (χ0n) is 16.4. The molecule has 1 aliphatic heterocycles. The number of rotatable bonds is 4. The van der Waals surface area contributed by atoms with Crippen molar-refractivity contribution in [3.05, 3.63) is 81.6 Å². The minimum Gasteiger partial charge on any atom is -0.390 e. The summed E-state index contributed by atoms with van der Waals surface area (Å²) in [7, 11) is 0. The van der Waals surface area contributed by atoms with Gasteiger partial charge in [-0.15, -0.1) is 0 Å². The SMILES string of the molecule is C/C(C(=N)c1cc(C(=O)N2CC(c3ccc(C#N)cc3)C2)ccc1C)=C(/N)C#N. The molecule has 0 aliphatic carbocycles. The van der Waals surface area contributed by atoms with Gasteiger partial charge >= 0.3 is 0 Å². The number of nitrogens with one attached hydrogen (secondary N) is 1. The average Bonchev–Trinajstić information content (AvgIpc) is 2.71. The Kier molecular flexibility index (Phi) is 5.47. The number of likely N-dealkylation sites (tertiary alicyclic amines) is 1. The second kappa shape index (κ2) is 8.00. The Morgan fingerprint density at radius 2 is 1.83 bits per heavy atom. The molecule has 0 atom stereocenters. The van der Waals surface area contributed by atoms with Gasteiger partial charge in [0.2, 0.25) is 0 Å². The normalized spacial score (nSPS) is 14.3. The van der Waals surface area contributed by atoms with Crippen LogP contribution >= 0.6 is 0 Å². The fraction of sp³-hybridized carbons (Fsp3) is 0.217. The van der Waals surface area contributed by atoms with Gasteiger partial charge in [0.25, 0.3) is 5.91 Å². The molecular formula is C23H21N5O. The molecule has 3 N–H and O–H groups in total. The summed E-state index contributed by atoms with van der Waals surface area (Å²) in [6, 6.07) is 16.7. The van der Waals surface area contributed by atoms with E-state index in [9.17, 15) is 4.79 Å². The Bertz CT molecular complexity index is 1090. The van der Waals surface area contributed by atoms with Crippen molar-refractivity contribution >= 4 is 11.6 Å². The summed E-state index contributed by atoms with van der Waals surface area (Å²) in [4.78, 5) is 14.6. The standard InChI is InChI=1S/C23H21N5O/c1-14-3-6-18(9-20(14)22(27)15(2)21(26)11-25)23(29)28-12-19(13-28)17-7-4-16(10-24)5-8-17/h3-9,19,27H,12-13,26H2,1-2H3/b21-15-,27-22?. The lowest BCUT2D eigenvalue weighted by atomic mass is 9.89. The van der Waals surface area contributed by atoms with Gasteiger partial charge in [0.05, 0.1) is 17.3 Å². The van der Waals surface area contributed by atoms with E-state index in [0.29, 0.717) is 35.4 Å². The lowest BCUT2D eigenvalue weighted by Crippen LogP contribution is -2.48. The quantitative estimate of drug-likeness (QED) is 0.622. The molecule has 1 aliphatic rings. The van der Waals surface area contributed by atoms with Gasteiger partial charge in [0.15, 0.2) is 0 Å². The van der Waals surface area contributed by atoms with Crippen LogP contribution in [0.1, 0.15) is 45.5 Å². The maximum absolute atomic E-state index is 12.9. The maximum atomic E-state index is 12.9. The molecule has 0 radical (unpaired) electrons. The molecule has 0 spiro atoms. The first-order chi connectivity index (χ1) is 13.8. The predicted octanol–water partition coefficient (Wildman–Crippen LogP) is 3.23. The van der Waals surface area contributed by atoms with E-state index in [1.807, 2.05) is 31.2 Å². The van der Waals surface area contributed by atoms with Crippen molar-refractivity contribution in [1.29, 1.82) is 15.9 Å². The summed E-state index contributed by atoms with van der Waals surface area (Å²) < 4.78 is 0. The summed E-state index contributed by atoms with van der Waals surface area (Å²) in [5.74, 6) is 0.175. The van der Waals surface area contributed by atoms with Gasteiger partial charge in [-0.1, -0.05) is 18.2 Å². The number of carbonyl (C=O) groups excluding carboxylic acids is 1. The first-order valence-electron chi connectivity index (χ1n) is 9.21. The lowest BCUT2D eigenvalue weighted by Gasteiger charge is -2.39. The first-order valence-corrected chi connectivity index (χ1v) is 9.21. The van der Waals surface area contributed by atoms with Crippen molar-refractivity contribution in [2.24, 2.45) is 5.73 Å². The van der Waals surface area contributed by atoms with Crippen LogP contribution in [0.2, 0.25) is 0 Å². The van der Waals surface area contributed by atoms with Gasteiger partial charge in [-0.25, -0.2) is 0 Å². The number of nitriles is 2. The Morgan fingerprint density at radius 1 is 1.17 bits per heavy atom. The smallest absolute Gasteiger partial charge is 0.253 e. The second-order valence-electron chi connectivity index (χ2n) is 7.20. The van der Waals surface area contributed by atoms with Crippen LogP contribution in [0.4, 0.5) is 0 Å². The molecule has 1 amide bonds. The number of carbonyl (C=O) groups is 1. The van der Waals surface area contributed by atoms with Crippen LogP contribution in [0.5, 0.6) is 0 Å². The van der Waals surface area contributed by atoms with E-state index in [4.69, 9.17) is 21.7 Å². The molecule has 2 aromatic rings. The van der Waals surface area contributed by atoms with Gasteiger partial charge < -0.3 is 10.6 Å². The van der Waals surface area contributed by atoms with E-state index in [2.05, 4.69) is 6.07 Å². The largest absolute Gasteiger partial charge is 0.390 e. The minimum absolute atomic E-state index is 0.000805. The highest BCUT2D eigenvalue weighted by atomic mass is 16.2. The van der Waals surface area contributed by atoms with E-state index >= 15 is 0 Å².